The number of hydrogen-bond donors (Lipinski definition) is 0. The summed E-state index contributed by atoms with van der Waals surface area (Å²) >= 11 is 0. The molecule has 0 aliphatic carbocycles. The van der Waals surface area contributed by atoms with Crippen LogP contribution in [0, 0.1) is 12.1 Å². The summed E-state index contributed by atoms with van der Waals surface area (Å²) in [5, 5.41) is 10.7. The maximum absolute atomic E-state index is 10.7. The normalized spacial score (nSPS) is 7.73. The second-order valence-electron chi connectivity index (χ2n) is 1.77. The first-order chi connectivity index (χ1) is 4.34. The quantitative estimate of drug-likeness (QED) is 0.403. The van der Waals surface area contributed by atoms with Gasteiger partial charge in [-0.3, -0.25) is 0 Å². The maximum atomic E-state index is 10.7. The average Bonchev–Trinajstić information content (AvgIpc) is 1.89. The Morgan fingerprint density at radius 2 is 2.09 bits per heavy atom. The molecule has 0 atom stereocenters. The van der Waals surface area contributed by atoms with Crippen molar-refractivity contribution in [2.45, 2.75) is 6.42 Å². The molecule has 2 N–H and O–H groups in total. The van der Waals surface area contributed by atoms with Crippen molar-refractivity contribution < 1.29 is 31.3 Å². The van der Waals surface area contributed by atoms with Crippen LogP contribution < -0.4 is 4.73 Å². The Morgan fingerprint density at radius 1 is 1.45 bits per heavy atom. The number of hydrogen-bond acceptors (Lipinski definition) is 1. The molecule has 0 bridgehead atoms. The Kier molecular flexibility index (Phi) is 7.58. The SMILES string of the molecule is O.[CH2-]Cc1cccc[n+]1[O-].[W]. The summed E-state index contributed by atoms with van der Waals surface area (Å²) in [6.07, 6.45) is 2.02. The third-order valence-electron chi connectivity index (χ3n) is 1.16. The van der Waals surface area contributed by atoms with Crippen LogP contribution in [0.25, 0.3) is 0 Å². The van der Waals surface area contributed by atoms with Crippen molar-refractivity contribution >= 4 is 0 Å². The van der Waals surface area contributed by atoms with E-state index >= 15 is 0 Å². The largest absolute Gasteiger partial charge is 0.619 e. The van der Waals surface area contributed by atoms with E-state index < -0.39 is 0 Å². The molecule has 0 amide bonds. The van der Waals surface area contributed by atoms with E-state index in [9.17, 15) is 5.21 Å². The third-order valence-corrected chi connectivity index (χ3v) is 1.16. The van der Waals surface area contributed by atoms with E-state index in [0.717, 1.165) is 4.73 Å². The molecular weight excluding hydrogens is 314 g/mol. The van der Waals surface area contributed by atoms with Crippen LogP contribution in [0.4, 0.5) is 0 Å². The summed E-state index contributed by atoms with van der Waals surface area (Å²) in [7, 11) is 0. The van der Waals surface area contributed by atoms with E-state index in [0.29, 0.717) is 12.1 Å². The zero-order valence-corrected chi connectivity index (χ0v) is 8.92. The molecule has 0 aliphatic rings. The van der Waals surface area contributed by atoms with Gasteiger partial charge in [-0.15, -0.1) is 0 Å². The minimum absolute atomic E-state index is 0. The molecule has 0 fully saturated rings. The van der Waals surface area contributed by atoms with Gasteiger partial charge in [-0.05, 0) is 0 Å². The van der Waals surface area contributed by atoms with Crippen molar-refractivity contribution in [2.24, 2.45) is 0 Å². The number of nitrogens with zero attached hydrogens (tertiary/aromatic N) is 1. The molecule has 0 saturated carbocycles. The maximum Gasteiger partial charge on any atom is 0.180 e. The fraction of sp³-hybridized carbons (Fsp3) is 0.143. The van der Waals surface area contributed by atoms with Crippen LogP contribution in [0.15, 0.2) is 24.4 Å². The monoisotopic (exact) mass is 324 g/mol. The van der Waals surface area contributed by atoms with Gasteiger partial charge in [0.2, 0.25) is 0 Å². The van der Waals surface area contributed by atoms with Gasteiger partial charge in [-0.2, -0.15) is 4.73 Å². The van der Waals surface area contributed by atoms with Crippen LogP contribution in [0.1, 0.15) is 5.69 Å². The second-order valence-corrected chi connectivity index (χ2v) is 1.77. The molecule has 0 unspecified atom stereocenters. The molecule has 62 valence electrons. The Hall–Kier alpha value is -0.402. The van der Waals surface area contributed by atoms with Gasteiger partial charge in [0.1, 0.15) is 0 Å². The molecule has 0 spiro atoms. The molecule has 0 aromatic carbocycles. The number of aromatic nitrogens is 1. The molecule has 1 aromatic rings. The van der Waals surface area contributed by atoms with Gasteiger partial charge in [-0.25, -0.2) is 0 Å². The molecule has 0 aliphatic heterocycles. The topological polar surface area (TPSA) is 58.4 Å². The van der Waals surface area contributed by atoms with Crippen molar-refractivity contribution in [3.8, 4) is 0 Å². The summed E-state index contributed by atoms with van der Waals surface area (Å²) in [6, 6.07) is 5.29. The van der Waals surface area contributed by atoms with E-state index in [-0.39, 0.29) is 26.5 Å². The zero-order valence-electron chi connectivity index (χ0n) is 5.99. The van der Waals surface area contributed by atoms with Crippen LogP contribution in [-0.4, -0.2) is 5.48 Å². The van der Waals surface area contributed by atoms with Crippen LogP contribution >= 0.6 is 0 Å². The fourth-order valence-corrected chi connectivity index (χ4v) is 0.657. The fourth-order valence-electron chi connectivity index (χ4n) is 0.657. The standard InChI is InChI=1S/C7H8NO.H2O.W/c1-2-7-5-3-4-6-8(7)9;;/h3-6H,1-2H2;1H2;/q-1;;. The average molecular weight is 324 g/mol. The van der Waals surface area contributed by atoms with Gasteiger partial charge in [0.25, 0.3) is 0 Å². The summed E-state index contributed by atoms with van der Waals surface area (Å²) in [5.41, 5.74) is 0.706. The van der Waals surface area contributed by atoms with Gasteiger partial charge in [0.15, 0.2) is 11.9 Å². The summed E-state index contributed by atoms with van der Waals surface area (Å²) in [4.78, 5) is 0. The molecule has 11 heavy (non-hydrogen) atoms. The molecule has 3 nitrogen and oxygen atoms in total. The summed E-state index contributed by atoms with van der Waals surface area (Å²) < 4.78 is 0.826. The van der Waals surface area contributed by atoms with E-state index in [2.05, 4.69) is 6.92 Å². The van der Waals surface area contributed by atoms with E-state index in [4.69, 9.17) is 0 Å². The minimum Gasteiger partial charge on any atom is -0.619 e. The van der Waals surface area contributed by atoms with Crippen molar-refractivity contribution in [3.05, 3.63) is 42.2 Å². The number of pyridine rings is 1. The predicted octanol–water partition coefficient (Wildman–Crippen LogP) is -0.131. The van der Waals surface area contributed by atoms with Gasteiger partial charge in [0.05, 0.1) is 0 Å². The molecule has 4 heteroatoms. The Morgan fingerprint density at radius 3 is 2.45 bits per heavy atom. The van der Waals surface area contributed by atoms with E-state index in [1.807, 2.05) is 6.07 Å². The van der Waals surface area contributed by atoms with Crippen LogP contribution in [0.3, 0.4) is 0 Å². The van der Waals surface area contributed by atoms with Gasteiger partial charge in [-0.1, -0.05) is 12.5 Å². The Balaban J connectivity index is 0. The molecule has 1 aromatic heterocycles. The first-order valence-corrected chi connectivity index (χ1v) is 2.81. The first-order valence-electron chi connectivity index (χ1n) is 2.81. The minimum atomic E-state index is 0. The van der Waals surface area contributed by atoms with Gasteiger partial charge in [0, 0.05) is 33.2 Å². The van der Waals surface area contributed by atoms with Crippen molar-refractivity contribution in [3.63, 3.8) is 0 Å². The molecule has 1 heterocycles. The van der Waals surface area contributed by atoms with Crippen molar-refractivity contribution in [1.82, 2.24) is 0 Å². The predicted molar refractivity (Wildman–Crippen MR) is 38.1 cm³/mol. The third kappa shape index (κ3) is 3.49. The number of rotatable bonds is 1. The molecular formula is C7H10NO2W-. The van der Waals surface area contributed by atoms with Crippen LogP contribution in [0.2, 0.25) is 0 Å². The van der Waals surface area contributed by atoms with Gasteiger partial charge < -0.3 is 17.6 Å². The summed E-state index contributed by atoms with van der Waals surface area (Å²) in [6.45, 7) is 3.60. The van der Waals surface area contributed by atoms with Gasteiger partial charge >= 0.3 is 0 Å². The van der Waals surface area contributed by atoms with E-state index in [1.54, 1.807) is 12.1 Å². The van der Waals surface area contributed by atoms with Crippen molar-refractivity contribution in [1.29, 1.82) is 0 Å². The van der Waals surface area contributed by atoms with Crippen LogP contribution in [0.5, 0.6) is 0 Å². The first kappa shape index (κ1) is 13.2. The molecule has 1 rings (SSSR count). The molecule has 0 saturated heterocycles. The Bertz CT molecular complexity index is 205. The zero-order chi connectivity index (χ0) is 6.69. The summed E-state index contributed by atoms with van der Waals surface area (Å²) in [5.74, 6) is 0. The molecule has 0 radical (unpaired) electrons. The van der Waals surface area contributed by atoms with Crippen LogP contribution in [-0.2, 0) is 27.5 Å². The van der Waals surface area contributed by atoms with Crippen molar-refractivity contribution in [2.75, 3.05) is 0 Å². The van der Waals surface area contributed by atoms with E-state index in [1.165, 1.54) is 6.20 Å². The second kappa shape index (κ2) is 6.32. The smallest absolute Gasteiger partial charge is 0.180 e. The Labute approximate surface area is 80.2 Å².